The van der Waals surface area contributed by atoms with E-state index in [-0.39, 0.29) is 6.04 Å². The molecule has 100 valence electrons. The molecule has 0 amide bonds. The zero-order valence-electron chi connectivity index (χ0n) is 10.9. The first-order valence-corrected chi connectivity index (χ1v) is 6.68. The van der Waals surface area contributed by atoms with Crippen LogP contribution in [0.25, 0.3) is 0 Å². The maximum absolute atomic E-state index is 6.33. The summed E-state index contributed by atoms with van der Waals surface area (Å²) in [4.78, 5) is 0. The summed E-state index contributed by atoms with van der Waals surface area (Å²) < 4.78 is 11.5. The highest BCUT2D eigenvalue weighted by molar-refractivity contribution is 9.10. The summed E-state index contributed by atoms with van der Waals surface area (Å²) in [6, 6.07) is 13.3. The summed E-state index contributed by atoms with van der Waals surface area (Å²) in [7, 11) is 3.29. The molecule has 1 unspecified atom stereocenters. The standard InChI is InChI=1S/C15H16BrNO2/c1-18-10-7-8-11(13(16)9-10)15(17)12-5-3-4-6-14(12)19-2/h3-9,15H,17H2,1-2H3. The van der Waals surface area contributed by atoms with Gasteiger partial charge in [-0.2, -0.15) is 0 Å². The van der Waals surface area contributed by atoms with Crippen molar-refractivity contribution in [2.24, 2.45) is 5.73 Å². The van der Waals surface area contributed by atoms with Crippen molar-refractivity contribution < 1.29 is 9.47 Å². The Balaban J connectivity index is 2.41. The quantitative estimate of drug-likeness (QED) is 0.937. The maximum Gasteiger partial charge on any atom is 0.123 e. The number of hydrogen-bond donors (Lipinski definition) is 1. The topological polar surface area (TPSA) is 44.5 Å². The molecule has 3 nitrogen and oxygen atoms in total. The lowest BCUT2D eigenvalue weighted by molar-refractivity contribution is 0.407. The van der Waals surface area contributed by atoms with E-state index in [1.165, 1.54) is 0 Å². The number of benzene rings is 2. The molecule has 0 aliphatic rings. The van der Waals surface area contributed by atoms with Gasteiger partial charge in [-0.25, -0.2) is 0 Å². The van der Waals surface area contributed by atoms with Gasteiger partial charge in [-0.05, 0) is 23.8 Å². The minimum atomic E-state index is -0.253. The van der Waals surface area contributed by atoms with Gasteiger partial charge in [0, 0.05) is 10.0 Å². The minimum Gasteiger partial charge on any atom is -0.497 e. The van der Waals surface area contributed by atoms with E-state index >= 15 is 0 Å². The van der Waals surface area contributed by atoms with Crippen molar-refractivity contribution in [2.45, 2.75) is 6.04 Å². The summed E-state index contributed by atoms with van der Waals surface area (Å²) in [6.07, 6.45) is 0. The lowest BCUT2D eigenvalue weighted by Crippen LogP contribution is -2.13. The fourth-order valence-electron chi connectivity index (χ4n) is 1.98. The maximum atomic E-state index is 6.33. The number of halogens is 1. The Labute approximate surface area is 121 Å². The van der Waals surface area contributed by atoms with Gasteiger partial charge in [0.05, 0.1) is 20.3 Å². The van der Waals surface area contributed by atoms with Crippen LogP contribution in [-0.2, 0) is 0 Å². The second-order valence-electron chi connectivity index (χ2n) is 4.11. The molecule has 0 fully saturated rings. The van der Waals surface area contributed by atoms with Crippen LogP contribution in [0.15, 0.2) is 46.9 Å². The molecule has 1 atom stereocenters. The van der Waals surface area contributed by atoms with E-state index in [0.717, 1.165) is 27.1 Å². The Bertz CT molecular complexity index is 572. The fraction of sp³-hybridized carbons (Fsp3) is 0.200. The van der Waals surface area contributed by atoms with Crippen LogP contribution in [0.3, 0.4) is 0 Å². The van der Waals surface area contributed by atoms with E-state index in [2.05, 4.69) is 15.9 Å². The predicted molar refractivity (Wildman–Crippen MR) is 79.7 cm³/mol. The third-order valence-electron chi connectivity index (χ3n) is 3.02. The van der Waals surface area contributed by atoms with Crippen LogP contribution in [0.2, 0.25) is 0 Å². The van der Waals surface area contributed by atoms with Gasteiger partial charge in [-0.1, -0.05) is 40.2 Å². The predicted octanol–water partition coefficient (Wildman–Crippen LogP) is 3.51. The van der Waals surface area contributed by atoms with Crippen molar-refractivity contribution in [1.29, 1.82) is 0 Å². The number of ether oxygens (including phenoxy) is 2. The van der Waals surface area contributed by atoms with Crippen molar-refractivity contribution in [3.63, 3.8) is 0 Å². The molecule has 0 heterocycles. The van der Waals surface area contributed by atoms with E-state index < -0.39 is 0 Å². The van der Waals surface area contributed by atoms with Crippen LogP contribution in [0.1, 0.15) is 17.2 Å². The average molecular weight is 322 g/mol. The van der Waals surface area contributed by atoms with E-state index in [1.54, 1.807) is 14.2 Å². The monoisotopic (exact) mass is 321 g/mol. The number of methoxy groups -OCH3 is 2. The Kier molecular flexibility index (Phi) is 4.45. The molecule has 0 aliphatic carbocycles. The summed E-state index contributed by atoms with van der Waals surface area (Å²) in [5.41, 5.74) is 8.28. The van der Waals surface area contributed by atoms with E-state index in [9.17, 15) is 0 Å². The molecule has 19 heavy (non-hydrogen) atoms. The number of nitrogens with two attached hydrogens (primary N) is 1. The molecule has 0 radical (unpaired) electrons. The number of para-hydroxylation sites is 1. The number of hydrogen-bond acceptors (Lipinski definition) is 3. The van der Waals surface area contributed by atoms with Gasteiger partial charge in [0.15, 0.2) is 0 Å². The van der Waals surface area contributed by atoms with Crippen molar-refractivity contribution in [3.8, 4) is 11.5 Å². The van der Waals surface area contributed by atoms with Gasteiger partial charge in [-0.15, -0.1) is 0 Å². The number of rotatable bonds is 4. The SMILES string of the molecule is COc1ccc(C(N)c2ccccc2OC)c(Br)c1. The molecular formula is C15H16BrNO2. The second kappa shape index (κ2) is 6.08. The minimum absolute atomic E-state index is 0.253. The van der Waals surface area contributed by atoms with Gasteiger partial charge in [-0.3, -0.25) is 0 Å². The lowest BCUT2D eigenvalue weighted by atomic mass is 9.98. The summed E-state index contributed by atoms with van der Waals surface area (Å²) in [6.45, 7) is 0. The Morgan fingerprint density at radius 1 is 1.00 bits per heavy atom. The summed E-state index contributed by atoms with van der Waals surface area (Å²) in [5, 5.41) is 0. The molecule has 0 aliphatic heterocycles. The highest BCUT2D eigenvalue weighted by Crippen LogP contribution is 2.33. The third-order valence-corrected chi connectivity index (χ3v) is 3.70. The molecule has 2 N–H and O–H groups in total. The van der Waals surface area contributed by atoms with E-state index in [4.69, 9.17) is 15.2 Å². The third kappa shape index (κ3) is 2.91. The molecule has 2 aromatic carbocycles. The molecule has 2 rings (SSSR count). The Morgan fingerprint density at radius 3 is 2.37 bits per heavy atom. The molecular weight excluding hydrogens is 306 g/mol. The van der Waals surface area contributed by atoms with E-state index in [1.807, 2.05) is 42.5 Å². The first-order chi connectivity index (χ1) is 9.17. The van der Waals surface area contributed by atoms with Crippen LogP contribution >= 0.6 is 15.9 Å². The van der Waals surface area contributed by atoms with Crippen molar-refractivity contribution in [2.75, 3.05) is 14.2 Å². The van der Waals surface area contributed by atoms with Gasteiger partial charge in [0.1, 0.15) is 11.5 Å². The summed E-state index contributed by atoms with van der Waals surface area (Å²) >= 11 is 3.53. The molecule has 2 aromatic rings. The van der Waals surface area contributed by atoms with Crippen molar-refractivity contribution in [3.05, 3.63) is 58.1 Å². The van der Waals surface area contributed by atoms with E-state index in [0.29, 0.717) is 0 Å². The van der Waals surface area contributed by atoms with Crippen LogP contribution in [-0.4, -0.2) is 14.2 Å². The highest BCUT2D eigenvalue weighted by atomic mass is 79.9. The molecule has 0 bridgehead atoms. The van der Waals surface area contributed by atoms with Crippen LogP contribution in [0, 0.1) is 0 Å². The van der Waals surface area contributed by atoms with Gasteiger partial charge >= 0.3 is 0 Å². The molecule has 4 heteroatoms. The van der Waals surface area contributed by atoms with Crippen LogP contribution in [0.5, 0.6) is 11.5 Å². The zero-order valence-corrected chi connectivity index (χ0v) is 12.5. The second-order valence-corrected chi connectivity index (χ2v) is 4.96. The summed E-state index contributed by atoms with van der Waals surface area (Å²) in [5.74, 6) is 1.58. The Hall–Kier alpha value is -1.52. The zero-order chi connectivity index (χ0) is 13.8. The van der Waals surface area contributed by atoms with Gasteiger partial charge < -0.3 is 15.2 Å². The van der Waals surface area contributed by atoms with Crippen LogP contribution in [0.4, 0.5) is 0 Å². The molecule has 0 saturated carbocycles. The molecule has 0 spiro atoms. The first-order valence-electron chi connectivity index (χ1n) is 5.89. The Morgan fingerprint density at radius 2 is 1.74 bits per heavy atom. The fourth-order valence-corrected chi connectivity index (χ4v) is 2.58. The lowest BCUT2D eigenvalue weighted by Gasteiger charge is -2.17. The highest BCUT2D eigenvalue weighted by Gasteiger charge is 2.16. The van der Waals surface area contributed by atoms with Gasteiger partial charge in [0.25, 0.3) is 0 Å². The molecule has 0 saturated heterocycles. The largest absolute Gasteiger partial charge is 0.497 e. The van der Waals surface area contributed by atoms with Crippen LogP contribution < -0.4 is 15.2 Å². The first kappa shape index (κ1) is 13.9. The van der Waals surface area contributed by atoms with Crippen molar-refractivity contribution in [1.82, 2.24) is 0 Å². The average Bonchev–Trinajstić information content (AvgIpc) is 2.46. The normalized spacial score (nSPS) is 12.0. The van der Waals surface area contributed by atoms with Crippen molar-refractivity contribution >= 4 is 15.9 Å². The molecule has 0 aromatic heterocycles. The smallest absolute Gasteiger partial charge is 0.123 e. The van der Waals surface area contributed by atoms with Gasteiger partial charge in [0.2, 0.25) is 0 Å².